The fourth-order valence-corrected chi connectivity index (χ4v) is 3.66. The number of hydrogen-bond donors (Lipinski definition) is 1. The van der Waals surface area contributed by atoms with Gasteiger partial charge in [-0.3, -0.25) is 0 Å². The van der Waals surface area contributed by atoms with Crippen LogP contribution in [0.5, 0.6) is 0 Å². The topological polar surface area (TPSA) is 73.9 Å². The standard InChI is InChI=1S/C26H33NO5/c1-25(2,3)31-16-22(23(28)32-26(4,5)6)27-24(29)30-15-21-19-13-9-7-11-17(19)18-12-8-10-14-20(18)21/h7-14,21-22H,15-16H2,1-6H3,(H,27,29)/t22-/m1/s1. The molecule has 0 bridgehead atoms. The van der Waals surface area contributed by atoms with Crippen LogP contribution in [0.3, 0.4) is 0 Å². The third kappa shape index (κ3) is 6.10. The van der Waals surface area contributed by atoms with Crippen molar-refractivity contribution in [2.75, 3.05) is 13.2 Å². The highest BCUT2D eigenvalue weighted by Gasteiger charge is 2.31. The second kappa shape index (κ2) is 9.33. The zero-order valence-electron chi connectivity index (χ0n) is 19.7. The Morgan fingerprint density at radius 2 is 1.41 bits per heavy atom. The lowest BCUT2D eigenvalue weighted by atomic mass is 9.98. The van der Waals surface area contributed by atoms with Gasteiger partial charge in [-0.25, -0.2) is 9.59 Å². The molecule has 1 aliphatic rings. The van der Waals surface area contributed by atoms with Crippen LogP contribution in [-0.2, 0) is 19.0 Å². The smallest absolute Gasteiger partial charge is 0.407 e. The Labute approximate surface area is 190 Å². The lowest BCUT2D eigenvalue weighted by Crippen LogP contribution is -2.48. The van der Waals surface area contributed by atoms with Gasteiger partial charge in [-0.05, 0) is 63.8 Å². The van der Waals surface area contributed by atoms with Crippen molar-refractivity contribution in [3.05, 3.63) is 59.7 Å². The lowest BCUT2D eigenvalue weighted by Gasteiger charge is -2.27. The molecule has 32 heavy (non-hydrogen) atoms. The largest absolute Gasteiger partial charge is 0.458 e. The molecule has 0 radical (unpaired) electrons. The molecule has 3 rings (SSSR count). The summed E-state index contributed by atoms with van der Waals surface area (Å²) < 4.78 is 16.7. The minimum absolute atomic E-state index is 0.0113. The highest BCUT2D eigenvalue weighted by atomic mass is 16.6. The summed E-state index contributed by atoms with van der Waals surface area (Å²) in [7, 11) is 0. The van der Waals surface area contributed by atoms with Crippen LogP contribution in [0, 0.1) is 0 Å². The Balaban J connectivity index is 1.68. The van der Waals surface area contributed by atoms with E-state index in [2.05, 4.69) is 29.6 Å². The van der Waals surface area contributed by atoms with Crippen LogP contribution in [-0.4, -0.2) is 42.5 Å². The van der Waals surface area contributed by atoms with Gasteiger partial charge >= 0.3 is 12.1 Å². The van der Waals surface area contributed by atoms with Gasteiger partial charge in [0.15, 0.2) is 6.04 Å². The van der Waals surface area contributed by atoms with E-state index in [1.807, 2.05) is 45.0 Å². The second-order valence-electron chi connectivity index (χ2n) is 9.98. The quantitative estimate of drug-likeness (QED) is 0.638. The molecule has 6 nitrogen and oxygen atoms in total. The molecule has 0 saturated heterocycles. The molecule has 0 heterocycles. The van der Waals surface area contributed by atoms with Crippen molar-refractivity contribution >= 4 is 12.1 Å². The Kier molecular flexibility index (Phi) is 6.94. The van der Waals surface area contributed by atoms with E-state index in [0.29, 0.717) is 0 Å². The summed E-state index contributed by atoms with van der Waals surface area (Å²) in [6.07, 6.45) is -0.680. The minimum atomic E-state index is -0.968. The number of nitrogens with one attached hydrogen (secondary N) is 1. The van der Waals surface area contributed by atoms with Gasteiger partial charge in [-0.15, -0.1) is 0 Å². The Bertz CT molecular complexity index is 925. The van der Waals surface area contributed by atoms with Crippen LogP contribution in [0.1, 0.15) is 58.6 Å². The average Bonchev–Trinajstić information content (AvgIpc) is 3.01. The van der Waals surface area contributed by atoms with Gasteiger partial charge in [0.05, 0.1) is 12.2 Å². The summed E-state index contributed by atoms with van der Waals surface area (Å²) in [5.74, 6) is -0.616. The Morgan fingerprint density at radius 3 is 1.91 bits per heavy atom. The van der Waals surface area contributed by atoms with Crippen molar-refractivity contribution < 1.29 is 23.8 Å². The van der Waals surface area contributed by atoms with E-state index in [9.17, 15) is 9.59 Å². The summed E-state index contributed by atoms with van der Waals surface area (Å²) in [6.45, 7) is 11.1. The predicted molar refractivity (Wildman–Crippen MR) is 124 cm³/mol. The molecule has 1 aliphatic carbocycles. The molecule has 0 aromatic heterocycles. The number of carbonyl (C=O) groups is 2. The number of carbonyl (C=O) groups excluding carboxylic acids is 2. The van der Waals surface area contributed by atoms with Crippen molar-refractivity contribution in [1.29, 1.82) is 0 Å². The number of hydrogen-bond acceptors (Lipinski definition) is 5. The number of rotatable bonds is 6. The molecule has 172 valence electrons. The van der Waals surface area contributed by atoms with Crippen LogP contribution >= 0.6 is 0 Å². The zero-order valence-corrected chi connectivity index (χ0v) is 19.7. The van der Waals surface area contributed by atoms with Gasteiger partial charge in [0.25, 0.3) is 0 Å². The van der Waals surface area contributed by atoms with E-state index in [4.69, 9.17) is 14.2 Å². The number of benzene rings is 2. The van der Waals surface area contributed by atoms with Crippen LogP contribution in [0.2, 0.25) is 0 Å². The molecule has 1 atom stereocenters. The lowest BCUT2D eigenvalue weighted by molar-refractivity contribution is -0.160. The van der Waals surface area contributed by atoms with Gasteiger partial charge in [0, 0.05) is 5.92 Å². The van der Waals surface area contributed by atoms with E-state index in [1.54, 1.807) is 20.8 Å². The minimum Gasteiger partial charge on any atom is -0.458 e. The van der Waals surface area contributed by atoms with Crippen molar-refractivity contribution in [1.82, 2.24) is 5.32 Å². The number of ether oxygens (including phenoxy) is 3. The van der Waals surface area contributed by atoms with Crippen molar-refractivity contribution in [3.8, 4) is 11.1 Å². The first-order valence-electron chi connectivity index (χ1n) is 10.9. The van der Waals surface area contributed by atoms with Gasteiger partial charge in [0.1, 0.15) is 12.2 Å². The predicted octanol–water partition coefficient (Wildman–Crippen LogP) is 5.05. The van der Waals surface area contributed by atoms with E-state index in [0.717, 1.165) is 22.3 Å². The van der Waals surface area contributed by atoms with Crippen LogP contribution in [0.25, 0.3) is 11.1 Å². The number of alkyl carbamates (subject to hydrolysis) is 1. The van der Waals surface area contributed by atoms with Gasteiger partial charge < -0.3 is 19.5 Å². The van der Waals surface area contributed by atoms with Crippen molar-refractivity contribution in [2.45, 2.75) is 64.7 Å². The Hall–Kier alpha value is -2.86. The maximum atomic E-state index is 12.6. The first-order valence-corrected chi connectivity index (χ1v) is 10.9. The van der Waals surface area contributed by atoms with Crippen LogP contribution < -0.4 is 5.32 Å². The normalized spacial score (nSPS) is 14.3. The molecule has 0 fully saturated rings. The molecule has 2 aromatic rings. The molecule has 1 N–H and O–H groups in total. The molecular formula is C26H33NO5. The highest BCUT2D eigenvalue weighted by molar-refractivity contribution is 5.82. The monoisotopic (exact) mass is 439 g/mol. The molecule has 2 aromatic carbocycles. The first-order chi connectivity index (χ1) is 14.9. The van der Waals surface area contributed by atoms with E-state index < -0.39 is 29.3 Å². The van der Waals surface area contributed by atoms with E-state index in [-0.39, 0.29) is 19.1 Å². The summed E-state index contributed by atoms with van der Waals surface area (Å²) in [5.41, 5.74) is 3.41. The molecule has 6 heteroatoms. The summed E-state index contributed by atoms with van der Waals surface area (Å²) in [4.78, 5) is 25.3. The third-order valence-corrected chi connectivity index (χ3v) is 5.01. The third-order valence-electron chi connectivity index (χ3n) is 5.01. The zero-order chi connectivity index (χ0) is 23.5. The fraction of sp³-hybridized carbons (Fsp3) is 0.462. The maximum Gasteiger partial charge on any atom is 0.407 e. The van der Waals surface area contributed by atoms with E-state index >= 15 is 0 Å². The second-order valence-corrected chi connectivity index (χ2v) is 9.98. The molecule has 0 saturated carbocycles. The maximum absolute atomic E-state index is 12.6. The SMILES string of the molecule is CC(C)(C)OC[C@@H](NC(=O)OCC1c2ccccc2-c2ccccc21)C(=O)OC(C)(C)C. The highest BCUT2D eigenvalue weighted by Crippen LogP contribution is 2.44. The van der Waals surface area contributed by atoms with Gasteiger partial charge in [-0.2, -0.15) is 0 Å². The first kappa shape index (κ1) is 23.8. The Morgan fingerprint density at radius 1 is 0.875 bits per heavy atom. The van der Waals surface area contributed by atoms with Gasteiger partial charge in [-0.1, -0.05) is 48.5 Å². The number of fused-ring (bicyclic) bond motifs is 3. The molecule has 0 aliphatic heterocycles. The number of esters is 1. The van der Waals surface area contributed by atoms with Crippen LogP contribution in [0.15, 0.2) is 48.5 Å². The van der Waals surface area contributed by atoms with E-state index in [1.165, 1.54) is 0 Å². The summed E-state index contributed by atoms with van der Waals surface area (Å²) in [5, 5.41) is 2.62. The van der Waals surface area contributed by atoms with Gasteiger partial charge in [0.2, 0.25) is 0 Å². The van der Waals surface area contributed by atoms with Crippen molar-refractivity contribution in [2.24, 2.45) is 0 Å². The molecule has 0 spiro atoms. The summed E-state index contributed by atoms with van der Waals surface area (Å²) >= 11 is 0. The molecular weight excluding hydrogens is 406 g/mol. The van der Waals surface area contributed by atoms with Crippen LogP contribution in [0.4, 0.5) is 4.79 Å². The molecule has 1 amide bonds. The molecule has 0 unspecified atom stereocenters. The van der Waals surface area contributed by atoms with Crippen molar-refractivity contribution in [3.63, 3.8) is 0 Å². The average molecular weight is 440 g/mol. The fourth-order valence-electron chi connectivity index (χ4n) is 3.66. The number of amides is 1. The summed E-state index contributed by atoms with van der Waals surface area (Å²) in [6, 6.07) is 15.3.